The number of nitrogens with one attached hydrogen (secondary N) is 2. The maximum atomic E-state index is 13.8. The van der Waals surface area contributed by atoms with Gasteiger partial charge in [0.2, 0.25) is 0 Å². The third-order valence-electron chi connectivity index (χ3n) is 3.62. The van der Waals surface area contributed by atoms with Crippen LogP contribution in [0.4, 0.5) is 20.2 Å². The molecule has 0 bridgehead atoms. The van der Waals surface area contributed by atoms with Crippen LogP contribution in [-0.4, -0.2) is 21.7 Å². The quantitative estimate of drug-likeness (QED) is 0.625. The number of nitrogens with zero attached hydrogens (tertiary/aromatic N) is 1. The number of benzene rings is 2. The molecule has 7 heteroatoms. The zero-order valence-corrected chi connectivity index (χ0v) is 12.0. The van der Waals surface area contributed by atoms with Gasteiger partial charge in [0.15, 0.2) is 11.6 Å². The average Bonchev–Trinajstić information content (AvgIpc) is 2.93. The largest absolute Gasteiger partial charge is 0.380 e. The first-order chi connectivity index (χ1) is 11.1. The third kappa shape index (κ3) is 2.98. The van der Waals surface area contributed by atoms with Gasteiger partial charge in [0, 0.05) is 23.6 Å². The van der Waals surface area contributed by atoms with Crippen LogP contribution in [0.15, 0.2) is 42.6 Å². The molecule has 3 rings (SSSR count). The summed E-state index contributed by atoms with van der Waals surface area (Å²) < 4.78 is 27.6. The smallest absolute Gasteiger partial charge is 0.322 e. The number of halogens is 2. The summed E-state index contributed by atoms with van der Waals surface area (Å²) in [5.41, 5.74) is 1.21. The van der Waals surface area contributed by atoms with Crippen LogP contribution in [0.3, 0.4) is 0 Å². The highest BCUT2D eigenvalue weighted by Crippen LogP contribution is 2.25. The first kappa shape index (κ1) is 15.0. The van der Waals surface area contributed by atoms with Gasteiger partial charge in [-0.3, -0.25) is 0 Å². The maximum Gasteiger partial charge on any atom is 0.322 e. The molecule has 0 saturated carbocycles. The van der Waals surface area contributed by atoms with Crippen molar-refractivity contribution < 1.29 is 18.9 Å². The molecule has 1 aromatic heterocycles. The van der Waals surface area contributed by atoms with Gasteiger partial charge >= 0.3 is 5.69 Å². The van der Waals surface area contributed by atoms with Crippen LogP contribution in [0.1, 0.15) is 5.56 Å². The van der Waals surface area contributed by atoms with Crippen molar-refractivity contribution >= 4 is 22.3 Å². The summed E-state index contributed by atoms with van der Waals surface area (Å²) in [4.78, 5) is 13.2. The summed E-state index contributed by atoms with van der Waals surface area (Å²) in [6, 6.07) is 9.31. The van der Waals surface area contributed by atoms with Crippen molar-refractivity contribution in [3.8, 4) is 0 Å². The SMILES string of the molecule is O=[N+](O)c1cc(F)c(NCCc2c[nH]c3ccccc23)c(F)c1. The normalized spacial score (nSPS) is 10.9. The number of H-pyrrole nitrogens is 1. The van der Waals surface area contributed by atoms with Crippen molar-refractivity contribution in [2.75, 3.05) is 11.9 Å². The molecule has 3 aromatic rings. The molecular weight excluding hydrogens is 304 g/mol. The molecule has 2 aromatic carbocycles. The average molecular weight is 318 g/mol. The number of fused-ring (bicyclic) bond motifs is 1. The van der Waals surface area contributed by atoms with Crippen molar-refractivity contribution in [3.63, 3.8) is 0 Å². The standard InChI is InChI=1S/C16H14F2N3O2/c17-13-7-11(21(22)23)8-14(18)16(13)19-6-5-10-9-20-15-4-2-1-3-12(10)15/h1-4,7-9,19-20H,5-6H2,(H,22,23)/q+1. The van der Waals surface area contributed by atoms with Gasteiger partial charge in [0.05, 0.1) is 17.0 Å². The Kier molecular flexibility index (Phi) is 3.92. The lowest BCUT2D eigenvalue weighted by atomic mass is 10.1. The highest BCUT2D eigenvalue weighted by Gasteiger charge is 2.20. The summed E-state index contributed by atoms with van der Waals surface area (Å²) in [6.07, 6.45) is 2.43. The van der Waals surface area contributed by atoms with Gasteiger partial charge in [-0.15, -0.1) is 0 Å². The van der Waals surface area contributed by atoms with Crippen molar-refractivity contribution in [1.29, 1.82) is 0 Å². The molecule has 5 nitrogen and oxygen atoms in total. The Hall–Kier alpha value is -2.96. The molecule has 23 heavy (non-hydrogen) atoms. The molecule has 0 unspecified atom stereocenters. The summed E-state index contributed by atoms with van der Waals surface area (Å²) in [5.74, 6) is -1.87. The molecule has 3 N–H and O–H groups in total. The topological polar surface area (TPSA) is 68.1 Å². The second kappa shape index (κ2) is 6.04. The highest BCUT2D eigenvalue weighted by molar-refractivity contribution is 5.83. The van der Waals surface area contributed by atoms with E-state index in [1.807, 2.05) is 30.5 Å². The molecule has 0 spiro atoms. The predicted molar refractivity (Wildman–Crippen MR) is 81.9 cm³/mol. The fraction of sp³-hybridized carbons (Fsp3) is 0.125. The zero-order valence-electron chi connectivity index (χ0n) is 12.0. The Morgan fingerprint density at radius 3 is 2.57 bits per heavy atom. The van der Waals surface area contributed by atoms with E-state index in [1.54, 1.807) is 0 Å². The van der Waals surface area contributed by atoms with E-state index in [-0.39, 0.29) is 5.69 Å². The molecular formula is C16H14F2N3O2+. The number of aromatic amines is 1. The van der Waals surface area contributed by atoms with Gasteiger partial charge in [-0.2, -0.15) is 0 Å². The fourth-order valence-electron chi connectivity index (χ4n) is 2.50. The van der Waals surface area contributed by atoms with E-state index in [9.17, 15) is 13.7 Å². The molecule has 0 saturated heterocycles. The van der Waals surface area contributed by atoms with Gasteiger partial charge in [-0.05, 0) is 18.1 Å². The van der Waals surface area contributed by atoms with E-state index in [1.165, 1.54) is 0 Å². The van der Waals surface area contributed by atoms with Gasteiger partial charge in [0.25, 0.3) is 4.92 Å². The van der Waals surface area contributed by atoms with Gasteiger partial charge in [0.1, 0.15) is 5.69 Å². The first-order valence-corrected chi connectivity index (χ1v) is 7.00. The van der Waals surface area contributed by atoms with E-state index in [0.717, 1.165) is 28.6 Å². The fourth-order valence-corrected chi connectivity index (χ4v) is 2.50. The monoisotopic (exact) mass is 318 g/mol. The zero-order chi connectivity index (χ0) is 16.4. The lowest BCUT2D eigenvalue weighted by Crippen LogP contribution is -2.08. The summed E-state index contributed by atoms with van der Waals surface area (Å²) in [6.45, 7) is 0.315. The number of rotatable bonds is 5. The molecule has 0 amide bonds. The summed E-state index contributed by atoms with van der Waals surface area (Å²) >= 11 is 0. The van der Waals surface area contributed by atoms with E-state index in [4.69, 9.17) is 5.21 Å². The van der Waals surface area contributed by atoms with Gasteiger partial charge < -0.3 is 10.3 Å². The van der Waals surface area contributed by atoms with Crippen molar-refractivity contribution in [3.05, 3.63) is 64.7 Å². The van der Waals surface area contributed by atoms with Crippen LogP contribution < -0.4 is 5.32 Å². The number of hydrogen-bond donors (Lipinski definition) is 3. The number of hydrogen-bond acceptors (Lipinski definition) is 2. The lowest BCUT2D eigenvalue weighted by Gasteiger charge is -2.08. The van der Waals surface area contributed by atoms with E-state index in [0.29, 0.717) is 13.0 Å². The Balaban J connectivity index is 1.73. The van der Waals surface area contributed by atoms with Gasteiger partial charge in [-0.25, -0.2) is 14.0 Å². The molecule has 0 aliphatic rings. The van der Waals surface area contributed by atoms with Crippen LogP contribution in [0.25, 0.3) is 10.9 Å². The molecule has 0 fully saturated rings. The highest BCUT2D eigenvalue weighted by atomic mass is 19.1. The second-order valence-corrected chi connectivity index (χ2v) is 5.09. The van der Waals surface area contributed by atoms with Crippen LogP contribution in [0.2, 0.25) is 0 Å². The molecule has 0 radical (unpaired) electrons. The Morgan fingerprint density at radius 2 is 1.87 bits per heavy atom. The van der Waals surface area contributed by atoms with Gasteiger partial charge in [-0.1, -0.05) is 18.2 Å². The van der Waals surface area contributed by atoms with Crippen LogP contribution in [0.5, 0.6) is 0 Å². The molecule has 0 atom stereocenters. The minimum absolute atomic E-state index is 0.315. The Bertz CT molecular complexity index is 854. The lowest BCUT2D eigenvalue weighted by molar-refractivity contribution is -0.729. The number of para-hydroxylation sites is 1. The summed E-state index contributed by atoms with van der Waals surface area (Å²) in [7, 11) is 0. The minimum atomic E-state index is -0.936. The van der Waals surface area contributed by atoms with E-state index in [2.05, 4.69) is 10.3 Å². The summed E-state index contributed by atoms with van der Waals surface area (Å²) in [5, 5.41) is 12.4. The second-order valence-electron chi connectivity index (χ2n) is 5.09. The molecule has 0 aliphatic heterocycles. The maximum absolute atomic E-state index is 13.8. The Morgan fingerprint density at radius 1 is 1.17 bits per heavy atom. The van der Waals surface area contributed by atoms with Crippen molar-refractivity contribution in [2.45, 2.75) is 6.42 Å². The number of aromatic nitrogens is 1. The first-order valence-electron chi connectivity index (χ1n) is 7.00. The predicted octanol–water partition coefficient (Wildman–Crippen LogP) is 3.90. The van der Waals surface area contributed by atoms with Crippen molar-refractivity contribution in [1.82, 2.24) is 4.98 Å². The minimum Gasteiger partial charge on any atom is -0.380 e. The molecule has 1 heterocycles. The Labute approximate surface area is 130 Å². The van der Waals surface area contributed by atoms with Crippen LogP contribution in [-0.2, 0) is 6.42 Å². The molecule has 118 valence electrons. The number of anilines is 1. The molecule has 0 aliphatic carbocycles. The van der Waals surface area contributed by atoms with Crippen LogP contribution in [0, 0.1) is 16.5 Å². The van der Waals surface area contributed by atoms with E-state index >= 15 is 0 Å². The van der Waals surface area contributed by atoms with E-state index < -0.39 is 22.2 Å². The van der Waals surface area contributed by atoms with Crippen molar-refractivity contribution in [2.24, 2.45) is 0 Å². The third-order valence-corrected chi connectivity index (χ3v) is 3.62. The van der Waals surface area contributed by atoms with Crippen LogP contribution >= 0.6 is 0 Å².